The molecule has 0 saturated carbocycles. The van der Waals surface area contributed by atoms with Crippen molar-refractivity contribution in [3.05, 3.63) is 65.4 Å². The van der Waals surface area contributed by atoms with E-state index in [0.717, 1.165) is 15.8 Å². The molecule has 2 aromatic carbocycles. The van der Waals surface area contributed by atoms with Gasteiger partial charge in [-0.1, -0.05) is 45.5 Å². The van der Waals surface area contributed by atoms with E-state index in [9.17, 15) is 18.0 Å². The summed E-state index contributed by atoms with van der Waals surface area (Å²) in [5.74, 6) is -0.624. The number of rotatable bonds is 7. The van der Waals surface area contributed by atoms with Crippen molar-refractivity contribution in [1.29, 1.82) is 0 Å². The molecule has 0 unspecified atom stereocenters. The highest BCUT2D eigenvalue weighted by atomic mass is 127. The van der Waals surface area contributed by atoms with Gasteiger partial charge < -0.3 is 0 Å². The van der Waals surface area contributed by atoms with E-state index in [1.807, 2.05) is 0 Å². The molecule has 0 atom stereocenters. The van der Waals surface area contributed by atoms with Crippen LogP contribution in [0.3, 0.4) is 0 Å². The molecule has 34 heavy (non-hydrogen) atoms. The first-order chi connectivity index (χ1) is 16.3. The Morgan fingerprint density at radius 3 is 2.74 bits per heavy atom. The number of carbonyl (C=O) groups excluding carboxylic acids is 2. The maximum absolute atomic E-state index is 12.6. The molecule has 0 bridgehead atoms. The second-order valence-electron chi connectivity index (χ2n) is 7.03. The number of benzene rings is 2. The van der Waals surface area contributed by atoms with Crippen molar-refractivity contribution in [2.45, 2.75) is 11.3 Å². The molecule has 176 valence electrons. The molecule has 13 heteroatoms. The number of sulfone groups is 1. The SMILES string of the molecule is O=C(NC(=O)c1cc(-n2cccn2)ccc1Cl)Nc1nc2ccc(S(=O)(=O)CCCI)cc2s1. The number of imide groups is 1. The maximum Gasteiger partial charge on any atom is 0.327 e. The van der Waals surface area contributed by atoms with Crippen molar-refractivity contribution in [1.82, 2.24) is 20.1 Å². The Bertz CT molecular complexity index is 1470. The number of carbonyl (C=O) groups is 2. The highest BCUT2D eigenvalue weighted by molar-refractivity contribution is 14.1. The van der Waals surface area contributed by atoms with Gasteiger partial charge in [0.05, 0.1) is 37.1 Å². The Morgan fingerprint density at radius 1 is 1.18 bits per heavy atom. The molecule has 0 saturated heterocycles. The zero-order valence-electron chi connectivity index (χ0n) is 17.4. The number of anilines is 1. The summed E-state index contributed by atoms with van der Waals surface area (Å²) in [6.45, 7) is 0. The van der Waals surface area contributed by atoms with Crippen molar-refractivity contribution in [2.24, 2.45) is 0 Å². The standard InChI is InChI=1S/C21H17ClIN5O4S2/c22-16-5-3-13(28-9-2-8-24-28)11-15(16)19(29)26-20(30)27-21-25-17-6-4-14(12-18(17)33-21)34(31,32)10-1-7-23/h2-6,8-9,11-12H,1,7,10H2,(H2,25,26,27,29,30). The number of hydrogen-bond acceptors (Lipinski definition) is 7. The Morgan fingerprint density at radius 2 is 2.00 bits per heavy atom. The van der Waals surface area contributed by atoms with Crippen molar-refractivity contribution in [2.75, 3.05) is 15.5 Å². The molecule has 4 rings (SSSR count). The third-order valence-electron chi connectivity index (χ3n) is 4.68. The minimum Gasteiger partial charge on any atom is -0.283 e. The number of alkyl halides is 1. The fourth-order valence-corrected chi connectivity index (χ4v) is 6.47. The fraction of sp³-hybridized carbons (Fsp3) is 0.143. The molecular weight excluding hydrogens is 613 g/mol. The zero-order valence-corrected chi connectivity index (χ0v) is 21.9. The highest BCUT2D eigenvalue weighted by Crippen LogP contribution is 2.29. The van der Waals surface area contributed by atoms with E-state index >= 15 is 0 Å². The summed E-state index contributed by atoms with van der Waals surface area (Å²) in [5, 5.41) is 9.25. The van der Waals surface area contributed by atoms with Gasteiger partial charge in [0.1, 0.15) is 0 Å². The predicted octanol–water partition coefficient (Wildman–Crippen LogP) is 4.70. The lowest BCUT2D eigenvalue weighted by atomic mass is 10.2. The van der Waals surface area contributed by atoms with Gasteiger partial charge in [0.25, 0.3) is 5.91 Å². The van der Waals surface area contributed by atoms with E-state index in [0.29, 0.717) is 22.3 Å². The number of halogens is 2. The zero-order chi connectivity index (χ0) is 24.3. The summed E-state index contributed by atoms with van der Waals surface area (Å²) >= 11 is 9.40. The second kappa shape index (κ2) is 10.4. The van der Waals surface area contributed by atoms with E-state index in [1.54, 1.807) is 47.4 Å². The number of thiazole rings is 1. The summed E-state index contributed by atoms with van der Waals surface area (Å²) in [6, 6.07) is 10.4. The fourth-order valence-electron chi connectivity index (χ4n) is 3.06. The van der Waals surface area contributed by atoms with Gasteiger partial charge in [-0.3, -0.25) is 15.4 Å². The smallest absolute Gasteiger partial charge is 0.283 e. The van der Waals surface area contributed by atoms with E-state index in [-0.39, 0.29) is 26.4 Å². The van der Waals surface area contributed by atoms with Crippen LogP contribution >= 0.6 is 45.5 Å². The lowest BCUT2D eigenvalue weighted by Crippen LogP contribution is -2.34. The van der Waals surface area contributed by atoms with Crippen LogP contribution in [0.4, 0.5) is 9.93 Å². The van der Waals surface area contributed by atoms with Gasteiger partial charge in [0.15, 0.2) is 15.0 Å². The van der Waals surface area contributed by atoms with Crippen molar-refractivity contribution >= 4 is 82.7 Å². The van der Waals surface area contributed by atoms with Crippen LogP contribution in [0.1, 0.15) is 16.8 Å². The van der Waals surface area contributed by atoms with Gasteiger partial charge >= 0.3 is 6.03 Å². The molecule has 0 aliphatic carbocycles. The van der Waals surface area contributed by atoms with Crippen LogP contribution in [0.2, 0.25) is 5.02 Å². The number of fused-ring (bicyclic) bond motifs is 1. The number of amides is 3. The summed E-state index contributed by atoms with van der Waals surface area (Å²) in [4.78, 5) is 29.5. The van der Waals surface area contributed by atoms with Crippen LogP contribution in [0.5, 0.6) is 0 Å². The molecule has 0 aliphatic heterocycles. The average Bonchev–Trinajstić information content (AvgIpc) is 3.47. The third-order valence-corrected chi connectivity index (χ3v) is 8.50. The van der Waals surface area contributed by atoms with Crippen LogP contribution in [-0.2, 0) is 9.84 Å². The van der Waals surface area contributed by atoms with E-state index in [4.69, 9.17) is 11.6 Å². The second-order valence-corrected chi connectivity index (χ2v) is 11.7. The molecule has 2 aromatic heterocycles. The largest absolute Gasteiger partial charge is 0.327 e. The first-order valence-corrected chi connectivity index (χ1v) is 14.3. The summed E-state index contributed by atoms with van der Waals surface area (Å²) < 4.78 is 27.8. The average molecular weight is 630 g/mol. The monoisotopic (exact) mass is 629 g/mol. The summed E-state index contributed by atoms with van der Waals surface area (Å²) in [7, 11) is -3.39. The Balaban J connectivity index is 1.47. The molecule has 9 nitrogen and oxygen atoms in total. The molecule has 0 aliphatic rings. The van der Waals surface area contributed by atoms with Crippen LogP contribution in [0, 0.1) is 0 Å². The number of hydrogen-bond donors (Lipinski definition) is 2. The van der Waals surface area contributed by atoms with Gasteiger partial charge in [0, 0.05) is 16.8 Å². The minimum atomic E-state index is -3.39. The van der Waals surface area contributed by atoms with Crippen LogP contribution in [0.15, 0.2) is 59.8 Å². The number of urea groups is 1. The van der Waals surface area contributed by atoms with Crippen LogP contribution in [-0.4, -0.2) is 45.3 Å². The molecule has 0 fully saturated rings. The Labute approximate surface area is 217 Å². The first-order valence-electron chi connectivity index (χ1n) is 9.88. The molecule has 2 heterocycles. The van der Waals surface area contributed by atoms with Crippen molar-refractivity contribution in [3.8, 4) is 5.69 Å². The topological polar surface area (TPSA) is 123 Å². The van der Waals surface area contributed by atoms with Crippen molar-refractivity contribution < 1.29 is 18.0 Å². The van der Waals surface area contributed by atoms with E-state index in [1.165, 1.54) is 12.1 Å². The molecule has 0 spiro atoms. The normalized spacial score (nSPS) is 11.5. The lowest BCUT2D eigenvalue weighted by Gasteiger charge is -2.08. The molecule has 2 N–H and O–H groups in total. The quantitative estimate of drug-likeness (QED) is 0.226. The van der Waals surface area contributed by atoms with Crippen molar-refractivity contribution in [3.63, 3.8) is 0 Å². The molecule has 0 radical (unpaired) electrons. The predicted molar refractivity (Wildman–Crippen MR) is 140 cm³/mol. The van der Waals surface area contributed by atoms with Gasteiger partial charge in [-0.25, -0.2) is 22.9 Å². The Hall–Kier alpha value is -2.55. The minimum absolute atomic E-state index is 0.0695. The van der Waals surface area contributed by atoms with Gasteiger partial charge in [-0.2, -0.15) is 5.10 Å². The Kier molecular flexibility index (Phi) is 7.50. The summed E-state index contributed by atoms with van der Waals surface area (Å²) in [5.41, 5.74) is 1.25. The van der Waals surface area contributed by atoms with E-state index in [2.05, 4.69) is 43.3 Å². The molecular formula is C21H17ClIN5O4S2. The first kappa shape index (κ1) is 24.6. The molecule has 4 aromatic rings. The number of aromatic nitrogens is 3. The summed E-state index contributed by atoms with van der Waals surface area (Å²) in [6.07, 6.45) is 3.88. The van der Waals surface area contributed by atoms with E-state index < -0.39 is 21.8 Å². The van der Waals surface area contributed by atoms with Gasteiger partial charge in [-0.15, -0.1) is 0 Å². The van der Waals surface area contributed by atoms with Crippen LogP contribution < -0.4 is 10.6 Å². The third kappa shape index (κ3) is 5.56. The molecule has 3 amide bonds. The maximum atomic E-state index is 12.6. The highest BCUT2D eigenvalue weighted by Gasteiger charge is 2.18. The van der Waals surface area contributed by atoms with Gasteiger partial charge in [0.2, 0.25) is 0 Å². The van der Waals surface area contributed by atoms with Crippen LogP contribution in [0.25, 0.3) is 15.9 Å². The lowest BCUT2D eigenvalue weighted by molar-refractivity contribution is 0.0967. The van der Waals surface area contributed by atoms with Gasteiger partial charge in [-0.05, 0) is 48.9 Å². The number of nitrogens with zero attached hydrogens (tertiary/aromatic N) is 3. The number of nitrogens with one attached hydrogen (secondary N) is 2.